The highest BCUT2D eigenvalue weighted by Gasteiger charge is 2.18. The Morgan fingerprint density at radius 2 is 0.971 bits per heavy atom. The van der Waals surface area contributed by atoms with Crippen molar-refractivity contribution in [2.24, 2.45) is 11.5 Å². The van der Waals surface area contributed by atoms with Gasteiger partial charge in [0.25, 0.3) is 0 Å². The molecule has 0 atom stereocenters. The number of thioether (sulfide) groups is 2. The van der Waals surface area contributed by atoms with Crippen molar-refractivity contribution in [1.29, 1.82) is 0 Å². The maximum Gasteiger partial charge on any atom is 0.339 e. The summed E-state index contributed by atoms with van der Waals surface area (Å²) in [7, 11) is 0. The SMILES string of the molecule is NC(=CCOC(=O)c1ccccc1C(=O)OCC=C(N)Sc1ccccc1)Sc1ccccc1. The summed E-state index contributed by atoms with van der Waals surface area (Å²) in [5, 5.41) is 1.01. The lowest BCUT2D eigenvalue weighted by molar-refractivity contribution is 0.0502. The Balaban J connectivity index is 1.53. The highest BCUT2D eigenvalue weighted by molar-refractivity contribution is 8.03. The zero-order valence-corrected chi connectivity index (χ0v) is 19.9. The van der Waals surface area contributed by atoms with Gasteiger partial charge in [-0.05, 0) is 48.6 Å². The maximum absolute atomic E-state index is 12.6. The number of hydrogen-bond acceptors (Lipinski definition) is 8. The number of carbonyl (C=O) groups is 2. The molecule has 4 N–H and O–H groups in total. The van der Waals surface area contributed by atoms with Gasteiger partial charge >= 0.3 is 11.9 Å². The largest absolute Gasteiger partial charge is 0.458 e. The molecule has 3 rings (SSSR count). The van der Waals surface area contributed by atoms with Crippen LogP contribution in [0.4, 0.5) is 0 Å². The van der Waals surface area contributed by atoms with E-state index in [0.717, 1.165) is 9.79 Å². The molecule has 3 aromatic carbocycles. The van der Waals surface area contributed by atoms with Crippen molar-refractivity contribution in [3.05, 3.63) is 118 Å². The molecule has 6 nitrogen and oxygen atoms in total. The number of nitrogens with two attached hydrogens (primary N) is 2. The summed E-state index contributed by atoms with van der Waals surface area (Å²) in [5.41, 5.74) is 12.2. The van der Waals surface area contributed by atoms with Crippen LogP contribution < -0.4 is 11.5 Å². The van der Waals surface area contributed by atoms with E-state index in [1.54, 1.807) is 24.3 Å². The molecule has 0 saturated heterocycles. The lowest BCUT2D eigenvalue weighted by atomic mass is 10.1. The van der Waals surface area contributed by atoms with Crippen LogP contribution in [-0.4, -0.2) is 25.2 Å². The summed E-state index contributed by atoms with van der Waals surface area (Å²) < 4.78 is 10.6. The van der Waals surface area contributed by atoms with Crippen molar-refractivity contribution in [3.63, 3.8) is 0 Å². The summed E-state index contributed by atoms with van der Waals surface area (Å²) in [5.74, 6) is -1.29. The second-order valence-corrected chi connectivity index (χ2v) is 9.08. The monoisotopic (exact) mass is 492 g/mol. The van der Waals surface area contributed by atoms with Gasteiger partial charge < -0.3 is 20.9 Å². The average molecular weight is 493 g/mol. The zero-order valence-electron chi connectivity index (χ0n) is 18.3. The van der Waals surface area contributed by atoms with Gasteiger partial charge in [-0.15, -0.1) is 0 Å². The van der Waals surface area contributed by atoms with E-state index in [-0.39, 0.29) is 24.3 Å². The first-order chi connectivity index (χ1) is 16.5. The first kappa shape index (κ1) is 25.0. The lowest BCUT2D eigenvalue weighted by Gasteiger charge is -2.09. The second-order valence-electron chi connectivity index (χ2n) is 6.79. The van der Waals surface area contributed by atoms with Crippen LogP contribution in [0.1, 0.15) is 20.7 Å². The van der Waals surface area contributed by atoms with Gasteiger partial charge in [0, 0.05) is 9.79 Å². The molecule has 0 heterocycles. The smallest absolute Gasteiger partial charge is 0.339 e. The molecule has 0 bridgehead atoms. The Bertz CT molecular complexity index is 1070. The Morgan fingerprint density at radius 1 is 0.618 bits per heavy atom. The summed E-state index contributed by atoms with van der Waals surface area (Å²) in [6, 6.07) is 25.6. The fourth-order valence-electron chi connectivity index (χ4n) is 2.73. The highest BCUT2D eigenvalue weighted by Crippen LogP contribution is 2.23. The van der Waals surface area contributed by atoms with E-state index in [4.69, 9.17) is 20.9 Å². The topological polar surface area (TPSA) is 105 Å². The van der Waals surface area contributed by atoms with Gasteiger partial charge in [0.15, 0.2) is 0 Å². The number of ether oxygens (including phenoxy) is 2. The third-order valence-electron chi connectivity index (χ3n) is 4.32. The molecule has 8 heteroatoms. The molecule has 3 aromatic rings. The van der Waals surface area contributed by atoms with E-state index in [1.807, 2.05) is 60.7 Å². The van der Waals surface area contributed by atoms with Gasteiger partial charge in [0.1, 0.15) is 13.2 Å². The predicted molar refractivity (Wildman–Crippen MR) is 136 cm³/mol. The Morgan fingerprint density at radius 3 is 1.35 bits per heavy atom. The van der Waals surface area contributed by atoms with Crippen LogP contribution in [0.5, 0.6) is 0 Å². The van der Waals surface area contributed by atoms with Gasteiger partial charge in [0.2, 0.25) is 0 Å². The molecule has 0 aliphatic carbocycles. The minimum atomic E-state index is -0.643. The minimum Gasteiger partial charge on any atom is -0.458 e. The third kappa shape index (κ3) is 8.06. The molecule has 0 radical (unpaired) electrons. The number of rotatable bonds is 10. The number of esters is 2. The van der Waals surface area contributed by atoms with Crippen molar-refractivity contribution in [2.75, 3.05) is 13.2 Å². The van der Waals surface area contributed by atoms with E-state index < -0.39 is 11.9 Å². The Labute approximate surface area is 207 Å². The summed E-state index contributed by atoms with van der Waals surface area (Å²) in [4.78, 5) is 27.1. The fourth-order valence-corrected chi connectivity index (χ4v) is 4.16. The molecule has 0 spiro atoms. The van der Waals surface area contributed by atoms with E-state index in [0.29, 0.717) is 10.1 Å². The van der Waals surface area contributed by atoms with E-state index >= 15 is 0 Å². The molecule has 0 aliphatic rings. The van der Waals surface area contributed by atoms with Crippen LogP contribution in [0, 0.1) is 0 Å². The van der Waals surface area contributed by atoms with Crippen molar-refractivity contribution in [3.8, 4) is 0 Å². The minimum absolute atomic E-state index is 0.0239. The van der Waals surface area contributed by atoms with Crippen molar-refractivity contribution >= 4 is 35.5 Å². The van der Waals surface area contributed by atoms with Crippen LogP contribution in [-0.2, 0) is 9.47 Å². The van der Waals surface area contributed by atoms with Crippen molar-refractivity contribution < 1.29 is 19.1 Å². The number of carbonyl (C=O) groups excluding carboxylic acids is 2. The quantitative estimate of drug-likeness (QED) is 0.294. The van der Waals surface area contributed by atoms with Crippen LogP contribution in [0.15, 0.2) is 117 Å². The maximum atomic E-state index is 12.6. The molecule has 174 valence electrons. The molecular formula is C26H24N2O4S2. The van der Waals surface area contributed by atoms with E-state index in [9.17, 15) is 9.59 Å². The molecule has 0 saturated carbocycles. The molecule has 0 fully saturated rings. The van der Waals surface area contributed by atoms with Crippen molar-refractivity contribution in [2.45, 2.75) is 9.79 Å². The standard InChI is InChI=1S/C26H24N2O4S2/c27-23(33-19-9-3-1-4-10-19)15-17-31-25(29)21-13-7-8-14-22(21)26(30)32-18-16-24(28)34-20-11-5-2-6-12-20/h1-16H,17-18,27-28H2. The zero-order chi connectivity index (χ0) is 24.2. The molecule has 34 heavy (non-hydrogen) atoms. The summed E-state index contributed by atoms with van der Waals surface area (Å²) >= 11 is 2.73. The fraction of sp³-hybridized carbons (Fsp3) is 0.0769. The van der Waals surface area contributed by atoms with Crippen molar-refractivity contribution in [1.82, 2.24) is 0 Å². The van der Waals surface area contributed by atoms with Crippen LogP contribution in [0.3, 0.4) is 0 Å². The average Bonchev–Trinajstić information content (AvgIpc) is 2.85. The van der Waals surface area contributed by atoms with E-state index in [2.05, 4.69) is 0 Å². The normalized spacial score (nSPS) is 11.6. The first-order valence-electron chi connectivity index (χ1n) is 10.3. The van der Waals surface area contributed by atoms with Crippen LogP contribution in [0.25, 0.3) is 0 Å². The lowest BCUT2D eigenvalue weighted by Crippen LogP contribution is -2.14. The van der Waals surface area contributed by atoms with Crippen LogP contribution >= 0.6 is 23.5 Å². The Kier molecular flexibility index (Phi) is 9.69. The van der Waals surface area contributed by atoms with E-state index in [1.165, 1.54) is 35.7 Å². The third-order valence-corrected chi connectivity index (χ3v) is 6.14. The number of benzene rings is 3. The molecule has 0 aromatic heterocycles. The number of hydrogen-bond donors (Lipinski definition) is 2. The molecular weight excluding hydrogens is 468 g/mol. The Hall–Kier alpha value is -3.62. The second kappa shape index (κ2) is 13.2. The van der Waals surface area contributed by atoms with Gasteiger partial charge in [-0.1, -0.05) is 72.1 Å². The predicted octanol–water partition coefficient (Wildman–Crippen LogP) is 5.19. The molecule has 0 amide bonds. The van der Waals surface area contributed by atoms with Gasteiger partial charge in [0.05, 0.1) is 21.2 Å². The van der Waals surface area contributed by atoms with Gasteiger partial charge in [-0.3, -0.25) is 0 Å². The summed E-state index contributed by atoms with van der Waals surface area (Å²) in [6.45, 7) is -0.0479. The molecule has 0 unspecified atom stereocenters. The van der Waals surface area contributed by atoms with Crippen LogP contribution in [0.2, 0.25) is 0 Å². The molecule has 0 aliphatic heterocycles. The van der Waals surface area contributed by atoms with Gasteiger partial charge in [-0.25, -0.2) is 9.59 Å². The van der Waals surface area contributed by atoms with Gasteiger partial charge in [-0.2, -0.15) is 0 Å². The summed E-state index contributed by atoms with van der Waals surface area (Å²) in [6.07, 6.45) is 3.21. The highest BCUT2D eigenvalue weighted by atomic mass is 32.2. The first-order valence-corrected chi connectivity index (χ1v) is 12.0.